The molecule has 12 aliphatic rings. The van der Waals surface area contributed by atoms with Crippen LogP contribution in [0.4, 0.5) is 11.4 Å². The molecule has 4 aliphatic heterocycles. The maximum atomic E-state index is 2.89. The van der Waals surface area contributed by atoms with Gasteiger partial charge in [-0.1, -0.05) is 24.3 Å². The number of hydrogen-bond donors (Lipinski definition) is 0. The van der Waals surface area contributed by atoms with Crippen molar-refractivity contribution in [3.63, 3.8) is 0 Å². The molecule has 0 atom stereocenters. The Kier molecular flexibility index (Phi) is 4.87. The van der Waals surface area contributed by atoms with Crippen molar-refractivity contribution in [2.75, 3.05) is 9.80 Å². The second kappa shape index (κ2) is 8.39. The molecule has 12 fully saturated rings. The summed E-state index contributed by atoms with van der Waals surface area (Å²) in [6.45, 7) is 0. The van der Waals surface area contributed by atoms with Crippen molar-refractivity contribution in [3.05, 3.63) is 59.7 Å². The van der Waals surface area contributed by atoms with Crippen molar-refractivity contribution in [2.24, 2.45) is 35.5 Å². The smallest absolute Gasteiger partial charge is 0.0371 e. The molecule has 0 aromatic heterocycles. The number of nitrogens with zero attached hydrogens (tertiary/aromatic N) is 2. The summed E-state index contributed by atoms with van der Waals surface area (Å²) in [7, 11) is 0. The average Bonchev–Trinajstić information content (AvgIpc) is 2.96. The molecule has 4 heterocycles. The molecule has 220 valence electrons. The first-order chi connectivity index (χ1) is 20.6. The lowest BCUT2D eigenvalue weighted by molar-refractivity contribution is -0.0281. The van der Waals surface area contributed by atoms with Gasteiger partial charge in [-0.15, -0.1) is 0 Å². The van der Waals surface area contributed by atoms with E-state index in [1.54, 1.807) is 22.5 Å². The Bertz CT molecular complexity index is 1210. The molecule has 8 aliphatic carbocycles. The Morgan fingerprint density at radius 3 is 1.02 bits per heavy atom. The van der Waals surface area contributed by atoms with Gasteiger partial charge in [0, 0.05) is 35.5 Å². The Morgan fingerprint density at radius 1 is 0.381 bits per heavy atom. The maximum Gasteiger partial charge on any atom is 0.0371 e. The van der Waals surface area contributed by atoms with Crippen LogP contribution in [0.15, 0.2) is 48.5 Å². The van der Waals surface area contributed by atoms with E-state index in [1.807, 2.05) is 0 Å². The zero-order valence-corrected chi connectivity index (χ0v) is 25.6. The highest BCUT2D eigenvalue weighted by atomic mass is 15.2. The SMILES string of the molecule is c1cc(C23CC4CC(C2)CC(c2ccc(N5C6CC7CC(C6)CC5C7)cc2)(C4)C3)ccc1N1C2CC3CC(C2)CC1C3. The van der Waals surface area contributed by atoms with Crippen LogP contribution in [0.1, 0.15) is 114 Å². The van der Waals surface area contributed by atoms with E-state index in [1.165, 1.54) is 103 Å². The largest absolute Gasteiger partial charge is 0.366 e. The number of hydrogen-bond acceptors (Lipinski definition) is 2. The average molecular weight is 559 g/mol. The first kappa shape index (κ1) is 24.4. The molecule has 2 heteroatoms. The number of anilines is 2. The summed E-state index contributed by atoms with van der Waals surface area (Å²) < 4.78 is 0. The topological polar surface area (TPSA) is 6.48 Å². The van der Waals surface area contributed by atoms with Crippen LogP contribution in [0.3, 0.4) is 0 Å². The normalized spacial score (nSPS) is 49.0. The lowest BCUT2D eigenvalue weighted by Crippen LogP contribution is -2.58. The van der Waals surface area contributed by atoms with Gasteiger partial charge in [0.05, 0.1) is 0 Å². The Labute approximate surface area is 253 Å². The Morgan fingerprint density at radius 2 is 0.690 bits per heavy atom. The summed E-state index contributed by atoms with van der Waals surface area (Å²) in [5, 5.41) is 0. The van der Waals surface area contributed by atoms with Crippen LogP contribution < -0.4 is 9.80 Å². The van der Waals surface area contributed by atoms with Crippen LogP contribution in [0.5, 0.6) is 0 Å². The van der Waals surface area contributed by atoms with E-state index < -0.39 is 0 Å². The third kappa shape index (κ3) is 3.39. The predicted octanol–water partition coefficient (Wildman–Crippen LogP) is 9.01. The van der Waals surface area contributed by atoms with E-state index in [-0.39, 0.29) is 0 Å². The van der Waals surface area contributed by atoms with Crippen molar-refractivity contribution in [1.29, 1.82) is 0 Å². The van der Waals surface area contributed by atoms with E-state index in [4.69, 9.17) is 0 Å². The summed E-state index contributed by atoms with van der Waals surface area (Å²) >= 11 is 0. The molecule has 4 saturated heterocycles. The number of rotatable bonds is 4. The Hall–Kier alpha value is -1.96. The molecule has 2 nitrogen and oxygen atoms in total. The van der Waals surface area contributed by atoms with Crippen molar-refractivity contribution in [2.45, 2.75) is 138 Å². The van der Waals surface area contributed by atoms with Gasteiger partial charge in [0.15, 0.2) is 0 Å². The quantitative estimate of drug-likeness (QED) is 0.369. The lowest BCUT2D eigenvalue weighted by Gasteiger charge is -2.63. The monoisotopic (exact) mass is 558 g/mol. The highest BCUT2D eigenvalue weighted by Crippen LogP contribution is 2.66. The maximum absolute atomic E-state index is 2.89. The molecular formula is C40H50N2. The minimum Gasteiger partial charge on any atom is -0.366 e. The second-order valence-corrected chi connectivity index (χ2v) is 17.9. The van der Waals surface area contributed by atoms with Gasteiger partial charge in [0.25, 0.3) is 0 Å². The van der Waals surface area contributed by atoms with E-state index in [9.17, 15) is 0 Å². The molecule has 2 aromatic rings. The van der Waals surface area contributed by atoms with E-state index >= 15 is 0 Å². The van der Waals surface area contributed by atoms with Gasteiger partial charge in [-0.2, -0.15) is 0 Å². The molecule has 12 bridgehead atoms. The first-order valence-electron chi connectivity index (χ1n) is 18.4. The number of piperidine rings is 4. The zero-order chi connectivity index (χ0) is 27.2. The van der Waals surface area contributed by atoms with Crippen molar-refractivity contribution in [3.8, 4) is 0 Å². The van der Waals surface area contributed by atoms with E-state index in [0.717, 1.165) is 59.7 Å². The van der Waals surface area contributed by atoms with Gasteiger partial charge in [-0.3, -0.25) is 0 Å². The molecule has 42 heavy (non-hydrogen) atoms. The van der Waals surface area contributed by atoms with Crippen LogP contribution in [-0.4, -0.2) is 24.2 Å². The third-order valence-corrected chi connectivity index (χ3v) is 15.4. The molecule has 8 saturated carbocycles. The fourth-order valence-corrected chi connectivity index (χ4v) is 14.8. The highest BCUT2D eigenvalue weighted by Gasteiger charge is 2.59. The van der Waals surface area contributed by atoms with Crippen LogP contribution in [-0.2, 0) is 10.8 Å². The number of benzene rings is 2. The lowest BCUT2D eigenvalue weighted by atomic mass is 9.42. The third-order valence-electron chi connectivity index (χ3n) is 15.4. The molecule has 0 radical (unpaired) electrons. The molecule has 2 aromatic carbocycles. The summed E-state index contributed by atoms with van der Waals surface area (Å²) in [5.41, 5.74) is 7.28. The molecule has 0 spiro atoms. The van der Waals surface area contributed by atoms with Crippen LogP contribution in [0.2, 0.25) is 0 Å². The van der Waals surface area contributed by atoms with Crippen molar-refractivity contribution < 1.29 is 0 Å². The van der Waals surface area contributed by atoms with Gasteiger partial charge in [0.1, 0.15) is 0 Å². The minimum atomic E-state index is 0.408. The van der Waals surface area contributed by atoms with E-state index in [2.05, 4.69) is 58.3 Å². The summed E-state index contributed by atoms with van der Waals surface area (Å²) in [6, 6.07) is 24.0. The zero-order valence-electron chi connectivity index (χ0n) is 25.6. The summed E-state index contributed by atoms with van der Waals surface area (Å²) in [4.78, 5) is 5.77. The van der Waals surface area contributed by atoms with E-state index in [0.29, 0.717) is 10.8 Å². The second-order valence-electron chi connectivity index (χ2n) is 17.9. The molecule has 0 N–H and O–H groups in total. The van der Waals surface area contributed by atoms with Gasteiger partial charge in [0.2, 0.25) is 0 Å². The first-order valence-corrected chi connectivity index (χ1v) is 18.4. The Balaban J connectivity index is 0.882. The van der Waals surface area contributed by atoms with Crippen LogP contribution in [0.25, 0.3) is 0 Å². The van der Waals surface area contributed by atoms with Gasteiger partial charge in [-0.05, 0) is 184 Å². The van der Waals surface area contributed by atoms with Crippen LogP contribution in [0, 0.1) is 35.5 Å². The molecule has 14 rings (SSSR count). The molecule has 0 amide bonds. The van der Waals surface area contributed by atoms with Gasteiger partial charge < -0.3 is 9.80 Å². The minimum absolute atomic E-state index is 0.408. The van der Waals surface area contributed by atoms with Crippen molar-refractivity contribution >= 4 is 11.4 Å². The van der Waals surface area contributed by atoms with Gasteiger partial charge >= 0.3 is 0 Å². The summed E-state index contributed by atoms with van der Waals surface area (Å²) in [5.74, 6) is 5.98. The van der Waals surface area contributed by atoms with Crippen molar-refractivity contribution in [1.82, 2.24) is 0 Å². The summed E-state index contributed by atoms with van der Waals surface area (Å²) in [6.07, 6.45) is 23.4. The van der Waals surface area contributed by atoms with Gasteiger partial charge in [-0.25, -0.2) is 0 Å². The molecular weight excluding hydrogens is 508 g/mol. The fraction of sp³-hybridized carbons (Fsp3) is 0.700. The fourth-order valence-electron chi connectivity index (χ4n) is 14.8. The van der Waals surface area contributed by atoms with Crippen LogP contribution >= 0.6 is 0 Å². The highest BCUT2D eigenvalue weighted by molar-refractivity contribution is 5.55. The standard InChI is InChI=1S/C40H50N2/c1-5-33(41-35-12-25-9-26(14-35)15-36(41)13-25)6-2-31(1)39-20-29-11-30(21-39)23-40(22-29,24-39)32-3-7-34(8-4-32)42-37-16-27-10-28(18-37)19-38(42)17-27/h1-8,25-30,35-38H,9-24H2. The molecule has 0 unspecified atom stereocenters. The predicted molar refractivity (Wildman–Crippen MR) is 171 cm³/mol.